The lowest BCUT2D eigenvalue weighted by Crippen LogP contribution is -2.21. The van der Waals surface area contributed by atoms with E-state index >= 15 is 0 Å². The molecular weight excluding hydrogens is 400 g/mol. The molecule has 7 heteroatoms. The monoisotopic (exact) mass is 420 g/mol. The highest BCUT2D eigenvalue weighted by Gasteiger charge is 2.26. The summed E-state index contributed by atoms with van der Waals surface area (Å²) >= 11 is 3.07. The second-order valence-corrected chi connectivity index (χ2v) is 9.11. The Morgan fingerprint density at radius 2 is 1.97 bits per heavy atom. The molecule has 1 aliphatic carbocycles. The predicted octanol–water partition coefficient (Wildman–Crippen LogP) is 5.10. The van der Waals surface area contributed by atoms with Crippen LogP contribution in [0.3, 0.4) is 0 Å². The van der Waals surface area contributed by atoms with Crippen LogP contribution < -0.4 is 5.32 Å². The molecule has 29 heavy (non-hydrogen) atoms. The number of rotatable bonds is 4. The number of hydrogen-bond donors (Lipinski definition) is 1. The van der Waals surface area contributed by atoms with Crippen molar-refractivity contribution < 1.29 is 4.79 Å². The summed E-state index contributed by atoms with van der Waals surface area (Å²) in [6.07, 6.45) is 8.60. The maximum Gasteiger partial charge on any atom is 0.264 e. The van der Waals surface area contributed by atoms with Crippen molar-refractivity contribution in [3.8, 4) is 16.3 Å². The Hall–Kier alpha value is -2.64. The van der Waals surface area contributed by atoms with E-state index in [1.807, 2.05) is 58.7 Å². The molecule has 0 bridgehead atoms. The molecule has 1 saturated heterocycles. The number of aliphatic imine (C=N–C) groups is 1. The molecule has 1 amide bonds. The summed E-state index contributed by atoms with van der Waals surface area (Å²) in [5.74, 6) is -0.0867. The van der Waals surface area contributed by atoms with E-state index in [1.165, 1.54) is 24.6 Å². The summed E-state index contributed by atoms with van der Waals surface area (Å²) in [7, 11) is 0. The van der Waals surface area contributed by atoms with Gasteiger partial charge in [0.15, 0.2) is 5.17 Å². The molecule has 2 aromatic heterocycles. The van der Waals surface area contributed by atoms with Crippen molar-refractivity contribution in [2.75, 3.05) is 0 Å². The highest BCUT2D eigenvalue weighted by atomic mass is 32.2. The molecule has 5 nitrogen and oxygen atoms in total. The lowest BCUT2D eigenvalue weighted by molar-refractivity contribution is -0.115. The van der Waals surface area contributed by atoms with E-state index in [-0.39, 0.29) is 5.91 Å². The summed E-state index contributed by atoms with van der Waals surface area (Å²) in [6.45, 7) is 0. The quantitative estimate of drug-likeness (QED) is 0.597. The molecule has 0 radical (unpaired) electrons. The minimum absolute atomic E-state index is 0.0867. The smallest absolute Gasteiger partial charge is 0.264 e. The van der Waals surface area contributed by atoms with Crippen LogP contribution in [0.5, 0.6) is 0 Å². The average molecular weight is 421 g/mol. The van der Waals surface area contributed by atoms with Gasteiger partial charge in [-0.25, -0.2) is 4.68 Å². The molecule has 146 valence electrons. The molecule has 1 N–H and O–H groups in total. The van der Waals surface area contributed by atoms with Gasteiger partial charge in [-0.1, -0.05) is 37.1 Å². The van der Waals surface area contributed by atoms with E-state index < -0.39 is 0 Å². The summed E-state index contributed by atoms with van der Waals surface area (Å²) in [6, 6.07) is 14.4. The van der Waals surface area contributed by atoms with Crippen LogP contribution in [-0.2, 0) is 4.79 Å². The maximum atomic E-state index is 12.5. The SMILES string of the molecule is O=C1NC(=NC2CCCC2)S/C1=C\c1cn(-c2ccccc2)nc1-c1cccs1. The fourth-order valence-electron chi connectivity index (χ4n) is 3.64. The van der Waals surface area contributed by atoms with Crippen molar-refractivity contribution >= 4 is 40.2 Å². The molecule has 2 fully saturated rings. The average Bonchev–Trinajstić information content (AvgIpc) is 3.52. The zero-order valence-corrected chi connectivity index (χ0v) is 17.4. The minimum atomic E-state index is -0.0867. The molecule has 3 heterocycles. The largest absolute Gasteiger partial charge is 0.301 e. The van der Waals surface area contributed by atoms with Crippen molar-refractivity contribution in [3.05, 3.63) is 64.5 Å². The number of carbonyl (C=O) groups is 1. The Morgan fingerprint density at radius 1 is 1.14 bits per heavy atom. The van der Waals surface area contributed by atoms with Crippen molar-refractivity contribution in [3.63, 3.8) is 0 Å². The predicted molar refractivity (Wildman–Crippen MR) is 120 cm³/mol. The Kier molecular flexibility index (Phi) is 5.08. The van der Waals surface area contributed by atoms with E-state index in [0.717, 1.165) is 39.8 Å². The normalized spacial score (nSPS) is 20.1. The third kappa shape index (κ3) is 3.93. The lowest BCUT2D eigenvalue weighted by atomic mass is 10.2. The second-order valence-electron chi connectivity index (χ2n) is 7.13. The van der Waals surface area contributed by atoms with Gasteiger partial charge in [0.1, 0.15) is 5.69 Å². The van der Waals surface area contributed by atoms with Gasteiger partial charge in [-0.15, -0.1) is 11.3 Å². The summed E-state index contributed by atoms with van der Waals surface area (Å²) in [4.78, 5) is 19.0. The summed E-state index contributed by atoms with van der Waals surface area (Å²) in [5.41, 5.74) is 2.80. The van der Waals surface area contributed by atoms with Gasteiger partial charge in [0.05, 0.1) is 21.5 Å². The number of amidine groups is 1. The van der Waals surface area contributed by atoms with Gasteiger partial charge in [0.2, 0.25) is 0 Å². The van der Waals surface area contributed by atoms with Crippen LogP contribution in [0.1, 0.15) is 31.2 Å². The molecule has 2 aliphatic rings. The molecule has 0 unspecified atom stereocenters. The first-order valence-corrected chi connectivity index (χ1v) is 11.4. The first-order chi connectivity index (χ1) is 14.3. The number of benzene rings is 1. The van der Waals surface area contributed by atoms with Gasteiger partial charge in [0.25, 0.3) is 5.91 Å². The van der Waals surface area contributed by atoms with E-state index in [2.05, 4.69) is 11.4 Å². The van der Waals surface area contributed by atoms with Crippen molar-refractivity contribution in [2.45, 2.75) is 31.7 Å². The van der Waals surface area contributed by atoms with Crippen LogP contribution in [0.4, 0.5) is 0 Å². The van der Waals surface area contributed by atoms with Crippen LogP contribution in [-0.4, -0.2) is 26.9 Å². The molecule has 0 spiro atoms. The number of nitrogens with one attached hydrogen (secondary N) is 1. The fraction of sp³-hybridized carbons (Fsp3) is 0.227. The van der Waals surface area contributed by atoms with E-state index in [0.29, 0.717) is 10.9 Å². The zero-order chi connectivity index (χ0) is 19.6. The number of thiophene rings is 1. The molecule has 5 rings (SSSR count). The Balaban J connectivity index is 1.50. The van der Waals surface area contributed by atoms with Crippen LogP contribution >= 0.6 is 23.1 Å². The van der Waals surface area contributed by atoms with E-state index in [9.17, 15) is 4.79 Å². The number of thioether (sulfide) groups is 1. The molecule has 3 aromatic rings. The maximum absolute atomic E-state index is 12.5. The number of nitrogens with zero attached hydrogens (tertiary/aromatic N) is 3. The third-order valence-electron chi connectivity index (χ3n) is 5.08. The number of aromatic nitrogens is 2. The van der Waals surface area contributed by atoms with Crippen LogP contribution in [0.15, 0.2) is 63.9 Å². The third-order valence-corrected chi connectivity index (χ3v) is 6.88. The first kappa shape index (κ1) is 18.4. The number of amides is 1. The highest BCUT2D eigenvalue weighted by molar-refractivity contribution is 8.18. The number of hydrogen-bond acceptors (Lipinski definition) is 5. The Labute approximate surface area is 177 Å². The first-order valence-electron chi connectivity index (χ1n) is 9.74. The van der Waals surface area contributed by atoms with Crippen LogP contribution in [0, 0.1) is 0 Å². The second kappa shape index (κ2) is 8.00. The van der Waals surface area contributed by atoms with Crippen LogP contribution in [0.2, 0.25) is 0 Å². The highest BCUT2D eigenvalue weighted by Crippen LogP contribution is 2.33. The van der Waals surface area contributed by atoms with Crippen molar-refractivity contribution in [1.82, 2.24) is 15.1 Å². The van der Waals surface area contributed by atoms with E-state index in [4.69, 9.17) is 10.1 Å². The van der Waals surface area contributed by atoms with Gasteiger partial charge in [-0.05, 0) is 54.3 Å². The standard InChI is InChI=1S/C22H20N4OS2/c27-21-19(29-22(24-21)23-16-7-4-5-8-16)13-15-14-26(17-9-2-1-3-10-17)25-20(15)18-11-6-12-28-18/h1-3,6,9-14,16H,4-5,7-8H2,(H,23,24,27)/b19-13-. The molecular formula is C22H20N4OS2. The lowest BCUT2D eigenvalue weighted by Gasteiger charge is -2.02. The van der Waals surface area contributed by atoms with Gasteiger partial charge < -0.3 is 5.32 Å². The molecule has 1 aliphatic heterocycles. The number of carbonyl (C=O) groups excluding carboxylic acids is 1. The fourth-order valence-corrected chi connectivity index (χ4v) is 5.25. The topological polar surface area (TPSA) is 59.3 Å². The van der Waals surface area contributed by atoms with E-state index in [1.54, 1.807) is 11.3 Å². The summed E-state index contributed by atoms with van der Waals surface area (Å²) in [5, 5.41) is 10.5. The van der Waals surface area contributed by atoms with Gasteiger partial charge in [0, 0.05) is 11.8 Å². The molecule has 0 atom stereocenters. The minimum Gasteiger partial charge on any atom is -0.301 e. The zero-order valence-electron chi connectivity index (χ0n) is 15.7. The number of para-hydroxylation sites is 1. The summed E-state index contributed by atoms with van der Waals surface area (Å²) < 4.78 is 1.87. The van der Waals surface area contributed by atoms with Gasteiger partial charge in [-0.3, -0.25) is 9.79 Å². The van der Waals surface area contributed by atoms with Crippen molar-refractivity contribution in [1.29, 1.82) is 0 Å². The van der Waals surface area contributed by atoms with Gasteiger partial charge >= 0.3 is 0 Å². The van der Waals surface area contributed by atoms with Crippen LogP contribution in [0.25, 0.3) is 22.3 Å². The van der Waals surface area contributed by atoms with Gasteiger partial charge in [-0.2, -0.15) is 5.10 Å². The molecule has 1 aromatic carbocycles. The molecule has 1 saturated carbocycles. The Bertz CT molecular complexity index is 1080. The van der Waals surface area contributed by atoms with Crippen molar-refractivity contribution in [2.24, 2.45) is 4.99 Å². The Morgan fingerprint density at radius 3 is 2.72 bits per heavy atom.